The summed E-state index contributed by atoms with van der Waals surface area (Å²) in [5.74, 6) is 1.31. The lowest BCUT2D eigenvalue weighted by Crippen LogP contribution is -2.52. The topological polar surface area (TPSA) is 53.6 Å². The number of nitrogens with zero attached hydrogens (tertiary/aromatic N) is 1. The number of hydrogen-bond donors (Lipinski definition) is 2. The van der Waals surface area contributed by atoms with E-state index in [9.17, 15) is 4.79 Å². The molecule has 1 unspecified atom stereocenters. The molecule has 2 fully saturated rings. The van der Waals surface area contributed by atoms with Crippen LogP contribution >= 0.6 is 12.4 Å². The minimum Gasteiger partial charge on any atom is -0.487 e. The maximum absolute atomic E-state index is 12.8. The van der Waals surface area contributed by atoms with Crippen molar-refractivity contribution in [1.29, 1.82) is 0 Å². The van der Waals surface area contributed by atoms with E-state index in [1.165, 1.54) is 0 Å². The molecular weight excluding hydrogens is 350 g/mol. The Hall–Kier alpha value is -1.30. The normalized spacial score (nSPS) is 25.7. The molecule has 3 heterocycles. The summed E-state index contributed by atoms with van der Waals surface area (Å²) in [7, 11) is 2.17. The van der Waals surface area contributed by atoms with Gasteiger partial charge in [-0.25, -0.2) is 0 Å². The van der Waals surface area contributed by atoms with Gasteiger partial charge in [0.1, 0.15) is 11.4 Å². The number of halogens is 1. The molecule has 26 heavy (non-hydrogen) atoms. The SMILES string of the molecule is CN1CCC2(CC1)CC(NC(=O)C1CCNCC1)c1ccccc1O2.Cl. The molecule has 0 saturated carbocycles. The zero-order chi connectivity index (χ0) is 17.3. The zero-order valence-electron chi connectivity index (χ0n) is 15.5. The molecule has 4 rings (SSSR count). The Bertz CT molecular complexity index is 625. The summed E-state index contributed by atoms with van der Waals surface area (Å²) < 4.78 is 6.48. The highest BCUT2D eigenvalue weighted by Gasteiger charge is 2.43. The number of piperidine rings is 2. The molecule has 0 bridgehead atoms. The fourth-order valence-corrected chi connectivity index (χ4v) is 4.45. The number of hydrogen-bond acceptors (Lipinski definition) is 4. The molecular formula is C20H30ClN3O2. The summed E-state index contributed by atoms with van der Waals surface area (Å²) in [5.41, 5.74) is 1.00. The van der Waals surface area contributed by atoms with Crippen LogP contribution in [0.1, 0.15) is 43.7 Å². The van der Waals surface area contributed by atoms with E-state index in [1.54, 1.807) is 0 Å². The van der Waals surface area contributed by atoms with E-state index in [0.717, 1.165) is 69.6 Å². The number of benzene rings is 1. The van der Waals surface area contributed by atoms with Crippen molar-refractivity contribution in [2.45, 2.75) is 43.7 Å². The van der Waals surface area contributed by atoms with Gasteiger partial charge in [0, 0.05) is 31.0 Å². The van der Waals surface area contributed by atoms with Crippen LogP contribution in [0.25, 0.3) is 0 Å². The van der Waals surface area contributed by atoms with Crippen LogP contribution in [0, 0.1) is 5.92 Å². The lowest BCUT2D eigenvalue weighted by molar-refractivity contribution is -0.127. The summed E-state index contributed by atoms with van der Waals surface area (Å²) in [6.45, 7) is 3.99. The Morgan fingerprint density at radius 2 is 1.92 bits per heavy atom. The fraction of sp³-hybridized carbons (Fsp3) is 0.650. The van der Waals surface area contributed by atoms with Crippen LogP contribution in [-0.2, 0) is 4.79 Å². The van der Waals surface area contributed by atoms with Crippen molar-refractivity contribution in [3.05, 3.63) is 29.8 Å². The first-order chi connectivity index (χ1) is 12.2. The van der Waals surface area contributed by atoms with Crippen molar-refractivity contribution in [2.24, 2.45) is 5.92 Å². The van der Waals surface area contributed by atoms with Crippen LogP contribution in [-0.4, -0.2) is 49.6 Å². The van der Waals surface area contributed by atoms with Crippen molar-refractivity contribution in [3.8, 4) is 5.75 Å². The first-order valence-electron chi connectivity index (χ1n) is 9.63. The van der Waals surface area contributed by atoms with Gasteiger partial charge in [0.05, 0.1) is 6.04 Å². The van der Waals surface area contributed by atoms with Crippen LogP contribution in [0.2, 0.25) is 0 Å². The molecule has 5 nitrogen and oxygen atoms in total. The predicted octanol–water partition coefficient (Wildman–Crippen LogP) is 2.51. The monoisotopic (exact) mass is 379 g/mol. The number of nitrogens with one attached hydrogen (secondary N) is 2. The molecule has 6 heteroatoms. The van der Waals surface area contributed by atoms with E-state index in [-0.39, 0.29) is 35.9 Å². The van der Waals surface area contributed by atoms with Gasteiger partial charge in [0.2, 0.25) is 5.91 Å². The van der Waals surface area contributed by atoms with E-state index in [2.05, 4.69) is 34.7 Å². The quantitative estimate of drug-likeness (QED) is 0.829. The maximum atomic E-state index is 12.8. The van der Waals surface area contributed by atoms with Gasteiger partial charge in [-0.3, -0.25) is 4.79 Å². The zero-order valence-corrected chi connectivity index (χ0v) is 16.3. The second-order valence-electron chi connectivity index (χ2n) is 7.92. The molecule has 3 aliphatic rings. The molecule has 1 atom stereocenters. The number of amides is 1. The molecule has 0 radical (unpaired) electrons. The lowest BCUT2D eigenvalue weighted by Gasteiger charge is -2.46. The van der Waals surface area contributed by atoms with Crippen molar-refractivity contribution >= 4 is 18.3 Å². The lowest BCUT2D eigenvalue weighted by atomic mass is 9.80. The number of rotatable bonds is 2. The van der Waals surface area contributed by atoms with E-state index >= 15 is 0 Å². The van der Waals surface area contributed by atoms with Gasteiger partial charge < -0.3 is 20.3 Å². The average Bonchev–Trinajstić information content (AvgIpc) is 2.65. The van der Waals surface area contributed by atoms with Gasteiger partial charge in [-0.1, -0.05) is 18.2 Å². The van der Waals surface area contributed by atoms with Gasteiger partial charge in [-0.05, 0) is 51.9 Å². The van der Waals surface area contributed by atoms with Crippen LogP contribution in [0.15, 0.2) is 24.3 Å². The Kier molecular flexibility index (Phi) is 6.10. The molecule has 1 spiro atoms. The standard InChI is InChI=1S/C20H29N3O2.ClH/c1-23-12-8-20(9-13-23)14-17(16-4-2-3-5-18(16)25-20)22-19(24)15-6-10-21-11-7-15;/h2-5,15,17,21H,6-14H2,1H3,(H,22,24);1H. The number of ether oxygens (including phenoxy) is 1. The Balaban J connectivity index is 0.00000196. The van der Waals surface area contributed by atoms with E-state index in [0.29, 0.717) is 0 Å². The Labute approximate surface area is 162 Å². The number of fused-ring (bicyclic) bond motifs is 1. The number of para-hydroxylation sites is 1. The van der Waals surface area contributed by atoms with Gasteiger partial charge in [0.25, 0.3) is 0 Å². The van der Waals surface area contributed by atoms with Gasteiger partial charge in [0.15, 0.2) is 0 Å². The molecule has 144 valence electrons. The Morgan fingerprint density at radius 3 is 2.65 bits per heavy atom. The smallest absolute Gasteiger partial charge is 0.223 e. The molecule has 1 aromatic rings. The molecule has 2 N–H and O–H groups in total. The highest BCUT2D eigenvalue weighted by atomic mass is 35.5. The van der Waals surface area contributed by atoms with Crippen molar-refractivity contribution in [2.75, 3.05) is 33.2 Å². The predicted molar refractivity (Wildman–Crippen MR) is 105 cm³/mol. The highest BCUT2D eigenvalue weighted by Crippen LogP contribution is 2.44. The first-order valence-corrected chi connectivity index (χ1v) is 9.63. The fourth-order valence-electron chi connectivity index (χ4n) is 4.45. The second kappa shape index (κ2) is 8.15. The van der Waals surface area contributed by atoms with E-state index in [4.69, 9.17) is 4.74 Å². The maximum Gasteiger partial charge on any atom is 0.223 e. The van der Waals surface area contributed by atoms with Crippen LogP contribution in [0.3, 0.4) is 0 Å². The van der Waals surface area contributed by atoms with Crippen LogP contribution in [0.4, 0.5) is 0 Å². The van der Waals surface area contributed by atoms with Gasteiger partial charge in [-0.2, -0.15) is 0 Å². The number of carbonyl (C=O) groups excluding carboxylic acids is 1. The minimum atomic E-state index is -0.132. The molecule has 2 saturated heterocycles. The number of carbonyl (C=O) groups is 1. The summed E-state index contributed by atoms with van der Waals surface area (Å²) in [5, 5.41) is 6.70. The van der Waals surface area contributed by atoms with E-state index < -0.39 is 0 Å². The third kappa shape index (κ3) is 4.00. The second-order valence-corrected chi connectivity index (χ2v) is 7.92. The van der Waals surface area contributed by atoms with Gasteiger partial charge in [-0.15, -0.1) is 12.4 Å². The summed E-state index contributed by atoms with van der Waals surface area (Å²) >= 11 is 0. The average molecular weight is 380 g/mol. The van der Waals surface area contributed by atoms with Crippen molar-refractivity contribution < 1.29 is 9.53 Å². The largest absolute Gasteiger partial charge is 0.487 e. The minimum absolute atomic E-state index is 0. The molecule has 1 aromatic carbocycles. The molecule has 0 aliphatic carbocycles. The van der Waals surface area contributed by atoms with Crippen molar-refractivity contribution in [1.82, 2.24) is 15.5 Å². The summed E-state index contributed by atoms with van der Waals surface area (Å²) in [6.07, 6.45) is 4.81. The van der Waals surface area contributed by atoms with Crippen molar-refractivity contribution in [3.63, 3.8) is 0 Å². The van der Waals surface area contributed by atoms with Gasteiger partial charge >= 0.3 is 0 Å². The Morgan fingerprint density at radius 1 is 1.23 bits per heavy atom. The molecule has 1 amide bonds. The summed E-state index contributed by atoms with van der Waals surface area (Å²) in [6, 6.07) is 8.29. The first kappa shape index (κ1) is 19.5. The highest BCUT2D eigenvalue weighted by molar-refractivity contribution is 5.85. The van der Waals surface area contributed by atoms with Crippen LogP contribution in [0.5, 0.6) is 5.75 Å². The van der Waals surface area contributed by atoms with Crippen LogP contribution < -0.4 is 15.4 Å². The molecule has 3 aliphatic heterocycles. The summed E-state index contributed by atoms with van der Waals surface area (Å²) in [4.78, 5) is 15.2. The molecule has 0 aromatic heterocycles. The number of likely N-dealkylation sites (tertiary alicyclic amines) is 1. The third-order valence-electron chi connectivity index (χ3n) is 6.12. The van der Waals surface area contributed by atoms with E-state index in [1.807, 2.05) is 12.1 Å². The third-order valence-corrected chi connectivity index (χ3v) is 6.12.